The Morgan fingerprint density at radius 1 is 0.329 bits per heavy atom. The van der Waals surface area contributed by atoms with E-state index in [-0.39, 0.29) is 134 Å². The minimum absolute atomic E-state index is 0. The minimum atomic E-state index is 0. The molecule has 5 nitrogen and oxygen atoms in total. The van der Waals surface area contributed by atoms with Gasteiger partial charge in [-0.1, -0.05) is 258 Å². The molecule has 552 valence electrons. The van der Waals surface area contributed by atoms with Gasteiger partial charge < -0.3 is 0 Å². The molecule has 6 rings (SSSR count). The van der Waals surface area contributed by atoms with Crippen molar-refractivity contribution >= 4 is 0 Å². The molecule has 4 saturated heterocycles. The summed E-state index contributed by atoms with van der Waals surface area (Å²) in [6.07, 6.45) is 14.6. The van der Waals surface area contributed by atoms with E-state index in [9.17, 15) is 0 Å². The molecule has 4 heterocycles. The van der Waals surface area contributed by atoms with Crippen LogP contribution in [0.25, 0.3) is 0 Å². The highest BCUT2D eigenvalue weighted by atomic mass is 15.2. The van der Waals surface area contributed by atoms with Gasteiger partial charge in [-0.15, -0.1) is 0 Å². The second-order valence-corrected chi connectivity index (χ2v) is 24.6. The van der Waals surface area contributed by atoms with Crippen molar-refractivity contribution in [1.82, 2.24) is 24.5 Å². The Labute approximate surface area is 560 Å². The molecule has 85 heavy (non-hydrogen) atoms. The summed E-state index contributed by atoms with van der Waals surface area (Å²) in [5.74, 6) is 4.04. The van der Waals surface area contributed by atoms with Crippen molar-refractivity contribution < 1.29 is 0 Å². The predicted molar refractivity (Wildman–Crippen MR) is 431 cm³/mol. The van der Waals surface area contributed by atoms with Gasteiger partial charge in [-0.25, -0.2) is 0 Å². The Morgan fingerprint density at radius 3 is 0.635 bits per heavy atom. The van der Waals surface area contributed by atoms with E-state index in [1.165, 1.54) is 90.4 Å². The summed E-state index contributed by atoms with van der Waals surface area (Å²) < 4.78 is 0. The van der Waals surface area contributed by atoms with Crippen LogP contribution in [0.5, 0.6) is 0 Å². The first-order valence-corrected chi connectivity index (χ1v) is 29.9. The lowest BCUT2D eigenvalue weighted by Gasteiger charge is -2.41. The van der Waals surface area contributed by atoms with Crippen LogP contribution >= 0.6 is 0 Å². The highest BCUT2D eigenvalue weighted by Crippen LogP contribution is 2.57. The number of hydrogen-bond acceptors (Lipinski definition) is 5. The minimum Gasteiger partial charge on any atom is -0.299 e. The molecule has 4 atom stereocenters. The molecule has 2 saturated carbocycles. The Hall–Kier alpha value is -0.200. The lowest BCUT2D eigenvalue weighted by atomic mass is 9.88. The van der Waals surface area contributed by atoms with Gasteiger partial charge in [0.1, 0.15) is 0 Å². The Bertz CT molecular complexity index is 995. The zero-order valence-electron chi connectivity index (χ0n) is 52.7. The van der Waals surface area contributed by atoms with Crippen LogP contribution in [0.2, 0.25) is 0 Å². The fourth-order valence-corrected chi connectivity index (χ4v) is 11.1. The van der Waals surface area contributed by atoms with Crippen molar-refractivity contribution in [1.29, 1.82) is 0 Å². The van der Waals surface area contributed by atoms with Crippen LogP contribution in [0.1, 0.15) is 406 Å². The summed E-state index contributed by atoms with van der Waals surface area (Å²) in [7, 11) is 2.20. The van der Waals surface area contributed by atoms with E-state index in [0.717, 1.165) is 82.8 Å². The van der Waals surface area contributed by atoms with E-state index in [0.29, 0.717) is 17.5 Å². The van der Waals surface area contributed by atoms with Gasteiger partial charge in [0.2, 0.25) is 0 Å². The maximum absolute atomic E-state index is 2.73. The number of likely N-dealkylation sites (tertiary alicyclic amines) is 4. The molecule has 6 aliphatic rings. The molecule has 2 spiro atoms. The summed E-state index contributed by atoms with van der Waals surface area (Å²) in [5, 5.41) is 0. The van der Waals surface area contributed by atoms with Gasteiger partial charge in [0.25, 0.3) is 0 Å². The van der Waals surface area contributed by atoms with Crippen LogP contribution < -0.4 is 0 Å². The molecule has 4 unspecified atom stereocenters. The average Bonchev–Trinajstić information content (AvgIpc) is 3.82. The highest BCUT2D eigenvalue weighted by Gasteiger charge is 2.53. The van der Waals surface area contributed by atoms with Crippen LogP contribution in [0.4, 0.5) is 0 Å². The second-order valence-electron chi connectivity index (χ2n) is 24.6. The molecule has 2 aliphatic carbocycles. The van der Waals surface area contributed by atoms with Crippen LogP contribution in [0, 0.1) is 40.4 Å². The van der Waals surface area contributed by atoms with Gasteiger partial charge in [0.05, 0.1) is 0 Å². The third-order valence-corrected chi connectivity index (χ3v) is 16.6. The molecule has 0 radical (unpaired) electrons. The Morgan fingerprint density at radius 2 is 0.529 bits per heavy atom. The standard InChI is InChI=1S/2C12H23N.2C10H21N.C10H23N.4C2H6.18CH4/c2*1-9(2)11-7-12(5-6-12)8-13(11)10(3)4;2*1-8(2)10-6-5-7-11(10)9(3)4;1-8(2)10(5,6)11(7)9(3)4;4*1-2;;;;;;;;;;;;;;;;;;/h2*9-11H,5-8H2,1-4H3;2*8-10H,5-7H2,1-4H3;8-9H,1-7H3;4*1-2H3;18*1H4. The number of rotatable bonds is 11. The molecule has 0 aromatic heterocycles. The smallest absolute Gasteiger partial charge is 0.0175 e. The van der Waals surface area contributed by atoms with Crippen molar-refractivity contribution in [2.75, 3.05) is 33.2 Å². The second kappa shape index (κ2) is 72.9. The maximum atomic E-state index is 2.73. The zero-order chi connectivity index (χ0) is 53.4. The van der Waals surface area contributed by atoms with E-state index < -0.39 is 0 Å². The van der Waals surface area contributed by atoms with Gasteiger partial charge in [-0.3, -0.25) is 24.5 Å². The van der Waals surface area contributed by atoms with Gasteiger partial charge in [0, 0.05) is 73.0 Å². The Balaban J connectivity index is -0.0000000293. The molecule has 0 amide bonds. The molecule has 0 aromatic carbocycles. The predicted octanol–water partition coefficient (Wildman–Crippen LogP) is 29.2. The van der Waals surface area contributed by atoms with E-state index in [2.05, 4.69) is 184 Å². The van der Waals surface area contributed by atoms with Crippen molar-refractivity contribution in [2.24, 2.45) is 40.4 Å². The molecular weight excluding hydrogens is 1030 g/mol. The van der Waals surface area contributed by atoms with Gasteiger partial charge in [0.15, 0.2) is 0 Å². The first-order chi connectivity index (χ1) is 31.1. The molecule has 0 N–H and O–H groups in total. The lowest BCUT2D eigenvalue weighted by molar-refractivity contribution is 0.0756. The van der Waals surface area contributed by atoms with Crippen molar-refractivity contribution in [3.63, 3.8) is 0 Å². The molecule has 5 heteroatoms. The van der Waals surface area contributed by atoms with Gasteiger partial charge in [-0.2, -0.15) is 0 Å². The van der Waals surface area contributed by atoms with Crippen molar-refractivity contribution in [2.45, 2.75) is 466 Å². The van der Waals surface area contributed by atoms with Crippen LogP contribution in [0.15, 0.2) is 0 Å². The van der Waals surface area contributed by atoms with Crippen molar-refractivity contribution in [3.8, 4) is 0 Å². The summed E-state index contributed by atoms with van der Waals surface area (Å²) in [4.78, 5) is 13.2. The molecule has 0 bridgehead atoms. The first-order valence-electron chi connectivity index (χ1n) is 29.9. The normalized spacial score (nSPS) is 19.0. The first kappa shape index (κ1) is 146. The third-order valence-electron chi connectivity index (χ3n) is 16.6. The Kier molecular flexibility index (Phi) is 125. The van der Waals surface area contributed by atoms with Crippen LogP contribution in [-0.4, -0.2) is 118 Å². The third kappa shape index (κ3) is 50.1. The lowest BCUT2D eigenvalue weighted by Crippen LogP contribution is -2.48. The maximum Gasteiger partial charge on any atom is 0.0175 e. The van der Waals surface area contributed by atoms with E-state index in [1.807, 2.05) is 55.4 Å². The summed E-state index contributed by atoms with van der Waals surface area (Å²) in [5.41, 5.74) is 1.87. The highest BCUT2D eigenvalue weighted by molar-refractivity contribution is 5.07. The molecule has 4 aliphatic heterocycles. The van der Waals surface area contributed by atoms with Gasteiger partial charge in [-0.05, 0) is 208 Å². The molecule has 0 aromatic rings. The molecular formula is C80H207N5. The van der Waals surface area contributed by atoms with E-state index in [1.54, 1.807) is 0 Å². The van der Waals surface area contributed by atoms with E-state index >= 15 is 0 Å². The number of hydrogen-bond donors (Lipinski definition) is 0. The van der Waals surface area contributed by atoms with Gasteiger partial charge >= 0.3 is 0 Å². The summed E-state index contributed by atoms with van der Waals surface area (Å²) in [6.45, 7) is 72.5. The zero-order valence-corrected chi connectivity index (χ0v) is 52.7. The topological polar surface area (TPSA) is 16.2 Å². The fourth-order valence-electron chi connectivity index (χ4n) is 11.1. The summed E-state index contributed by atoms with van der Waals surface area (Å²) in [6, 6.07) is 7.04. The fraction of sp³-hybridized carbons (Fsp3) is 1.00. The van der Waals surface area contributed by atoms with Crippen LogP contribution in [0.3, 0.4) is 0 Å². The largest absolute Gasteiger partial charge is 0.299 e. The van der Waals surface area contributed by atoms with Crippen LogP contribution in [-0.2, 0) is 0 Å². The molecule has 6 fully saturated rings. The quantitative estimate of drug-likeness (QED) is 0.204. The average molecular weight is 1240 g/mol. The number of nitrogens with zero attached hydrogens (tertiary/aromatic N) is 5. The SMILES string of the molecule is C.C.C.C.C.C.C.C.C.C.C.C.C.C.C.C.C.C.CC.CC.CC.CC.CC(C)C1CC2(CC2)CN1C(C)C.CC(C)C1CC2(CC2)CN1C(C)C.CC(C)C1CCCN1C(C)C.CC(C)C1CCCN1C(C)C.CC(C)N(C)C(C)(C)C(C)C. The van der Waals surface area contributed by atoms with E-state index in [4.69, 9.17) is 0 Å². The summed E-state index contributed by atoms with van der Waals surface area (Å²) >= 11 is 0. The monoisotopic (exact) mass is 1240 g/mol. The van der Waals surface area contributed by atoms with Crippen molar-refractivity contribution in [3.05, 3.63) is 0 Å².